The Labute approximate surface area is 59.6 Å². The summed E-state index contributed by atoms with van der Waals surface area (Å²) in [4.78, 5) is 10.5. The maximum absolute atomic E-state index is 10.9. The number of nitrogens with zero attached hydrogens (tertiary/aromatic N) is 1. The van der Waals surface area contributed by atoms with Crippen LogP contribution in [0.15, 0.2) is 0 Å². The molecule has 58 valence electrons. The van der Waals surface area contributed by atoms with Crippen LogP contribution in [0.2, 0.25) is 0 Å². The van der Waals surface area contributed by atoms with E-state index in [1.165, 1.54) is 0 Å². The maximum atomic E-state index is 10.9. The summed E-state index contributed by atoms with van der Waals surface area (Å²) >= 11 is 0. The van der Waals surface area contributed by atoms with Gasteiger partial charge in [0, 0.05) is 0 Å². The molecule has 1 unspecified atom stereocenters. The lowest BCUT2D eigenvalue weighted by molar-refractivity contribution is -0.123. The van der Waals surface area contributed by atoms with Gasteiger partial charge >= 0.3 is 0 Å². The van der Waals surface area contributed by atoms with Crippen molar-refractivity contribution < 1.29 is 4.79 Å². The van der Waals surface area contributed by atoms with Crippen LogP contribution in [-0.4, -0.2) is 23.6 Å². The average Bonchev–Trinajstić information content (AvgIpc) is 1.88. The van der Waals surface area contributed by atoms with Crippen LogP contribution in [-0.2, 0) is 4.79 Å². The van der Waals surface area contributed by atoms with Crippen LogP contribution in [0.4, 0.5) is 0 Å². The molecule has 1 aliphatic heterocycles. The van der Waals surface area contributed by atoms with Crippen LogP contribution in [0.1, 0.15) is 19.3 Å². The predicted octanol–water partition coefficient (Wildman–Crippen LogP) is -0.176. The zero-order chi connectivity index (χ0) is 7.56. The van der Waals surface area contributed by atoms with E-state index in [1.54, 1.807) is 0 Å². The summed E-state index contributed by atoms with van der Waals surface area (Å²) in [6, 6.07) is -0.561. The molecule has 0 radical (unpaired) electrons. The Morgan fingerprint density at radius 2 is 2.30 bits per heavy atom. The van der Waals surface area contributed by atoms with Gasteiger partial charge in [-0.2, -0.15) is 0 Å². The molecular formula is C6H11N2O2-. The Balaban J connectivity index is 2.47. The van der Waals surface area contributed by atoms with Crippen LogP contribution < -0.4 is 5.73 Å². The molecule has 0 bridgehead atoms. The van der Waals surface area contributed by atoms with Gasteiger partial charge in [0.1, 0.15) is 0 Å². The van der Waals surface area contributed by atoms with Crippen LogP contribution >= 0.6 is 0 Å². The number of nitrogens with two attached hydrogens (primary N) is 1. The standard InChI is InChI=1S/C6H11N2O2/c7-6(9)5-3-1-2-4-8(5)10/h5H,1-4H2,(H2,7,9)/q-1. The molecule has 4 nitrogen and oxygen atoms in total. The lowest BCUT2D eigenvalue weighted by Gasteiger charge is -2.38. The highest BCUT2D eigenvalue weighted by Gasteiger charge is 2.19. The second-order valence-corrected chi connectivity index (χ2v) is 2.55. The molecule has 1 aliphatic rings. The van der Waals surface area contributed by atoms with Crippen molar-refractivity contribution in [1.82, 2.24) is 5.06 Å². The van der Waals surface area contributed by atoms with Gasteiger partial charge in [0.05, 0.1) is 6.04 Å². The van der Waals surface area contributed by atoms with Crippen LogP contribution in [0.25, 0.3) is 0 Å². The third-order valence-electron chi connectivity index (χ3n) is 1.78. The minimum absolute atomic E-state index is 0.452. The van der Waals surface area contributed by atoms with Gasteiger partial charge < -0.3 is 16.0 Å². The summed E-state index contributed by atoms with van der Waals surface area (Å²) in [6.07, 6.45) is 2.44. The maximum Gasteiger partial charge on any atom is 0.233 e. The van der Waals surface area contributed by atoms with Gasteiger partial charge in [-0.1, -0.05) is 6.42 Å². The van der Waals surface area contributed by atoms with Crippen molar-refractivity contribution in [3.8, 4) is 0 Å². The molecule has 1 heterocycles. The highest BCUT2D eigenvalue weighted by molar-refractivity contribution is 5.79. The Morgan fingerprint density at radius 1 is 1.60 bits per heavy atom. The molecule has 0 aromatic rings. The molecule has 2 N–H and O–H groups in total. The normalized spacial score (nSPS) is 28.3. The minimum Gasteiger partial charge on any atom is -0.785 e. The Morgan fingerprint density at radius 3 is 2.70 bits per heavy atom. The van der Waals surface area contributed by atoms with Gasteiger partial charge in [0.15, 0.2) is 0 Å². The van der Waals surface area contributed by atoms with Crippen LogP contribution in [0.5, 0.6) is 0 Å². The highest BCUT2D eigenvalue weighted by Crippen LogP contribution is 2.14. The van der Waals surface area contributed by atoms with Gasteiger partial charge in [0.2, 0.25) is 5.91 Å². The smallest absolute Gasteiger partial charge is 0.233 e. The van der Waals surface area contributed by atoms with Crippen LogP contribution in [0, 0.1) is 5.21 Å². The van der Waals surface area contributed by atoms with E-state index in [0.717, 1.165) is 17.9 Å². The molecule has 0 saturated carbocycles. The predicted molar refractivity (Wildman–Crippen MR) is 36.9 cm³/mol. The van der Waals surface area contributed by atoms with Crippen molar-refractivity contribution in [2.75, 3.05) is 6.54 Å². The molecule has 10 heavy (non-hydrogen) atoms. The first-order chi connectivity index (χ1) is 4.72. The third kappa shape index (κ3) is 1.46. The lowest BCUT2D eigenvalue weighted by Crippen LogP contribution is -2.44. The molecule has 0 aliphatic carbocycles. The lowest BCUT2D eigenvalue weighted by atomic mass is 10.0. The monoisotopic (exact) mass is 143 g/mol. The third-order valence-corrected chi connectivity index (χ3v) is 1.78. The van der Waals surface area contributed by atoms with Gasteiger partial charge in [-0.15, -0.1) is 0 Å². The summed E-state index contributed by atoms with van der Waals surface area (Å²) in [6.45, 7) is 0.452. The van der Waals surface area contributed by atoms with E-state index in [-0.39, 0.29) is 0 Å². The number of hydrogen-bond acceptors (Lipinski definition) is 3. The van der Waals surface area contributed by atoms with Gasteiger partial charge in [-0.05, 0) is 19.4 Å². The molecule has 0 aromatic heterocycles. The van der Waals surface area contributed by atoms with Gasteiger partial charge in [-0.3, -0.25) is 4.79 Å². The first-order valence-corrected chi connectivity index (χ1v) is 3.45. The molecule has 4 heteroatoms. The molecule has 1 atom stereocenters. The van der Waals surface area contributed by atoms with Crippen molar-refractivity contribution in [3.63, 3.8) is 0 Å². The van der Waals surface area contributed by atoms with Gasteiger partial charge in [0.25, 0.3) is 0 Å². The Kier molecular flexibility index (Phi) is 2.24. The quantitative estimate of drug-likeness (QED) is 0.553. The summed E-state index contributed by atoms with van der Waals surface area (Å²) in [5.41, 5.74) is 4.98. The molecule has 0 spiro atoms. The summed E-state index contributed by atoms with van der Waals surface area (Å²) in [5.74, 6) is -0.491. The molecule has 1 saturated heterocycles. The molecule has 1 amide bonds. The van der Waals surface area contributed by atoms with E-state index < -0.39 is 11.9 Å². The zero-order valence-electron chi connectivity index (χ0n) is 5.75. The number of rotatable bonds is 1. The summed E-state index contributed by atoms with van der Waals surface area (Å²) in [5, 5.41) is 11.6. The van der Waals surface area contributed by atoms with Crippen molar-refractivity contribution in [2.45, 2.75) is 25.3 Å². The van der Waals surface area contributed by atoms with E-state index in [1.807, 2.05) is 0 Å². The number of primary amides is 1. The van der Waals surface area contributed by atoms with E-state index in [4.69, 9.17) is 5.73 Å². The first kappa shape index (κ1) is 7.50. The minimum atomic E-state index is -0.561. The van der Waals surface area contributed by atoms with Crippen molar-refractivity contribution >= 4 is 5.91 Å². The largest absolute Gasteiger partial charge is 0.785 e. The van der Waals surface area contributed by atoms with E-state index >= 15 is 0 Å². The van der Waals surface area contributed by atoms with Gasteiger partial charge in [-0.25, -0.2) is 0 Å². The van der Waals surface area contributed by atoms with Crippen molar-refractivity contribution in [2.24, 2.45) is 5.73 Å². The molecule has 0 aromatic carbocycles. The SMILES string of the molecule is NC(=O)C1CCCCN1[O-]. The Hall–Kier alpha value is -0.610. The summed E-state index contributed by atoms with van der Waals surface area (Å²) < 4.78 is 0. The molecule has 1 fully saturated rings. The number of hydrogen-bond donors (Lipinski definition) is 1. The van der Waals surface area contributed by atoms with Crippen molar-refractivity contribution in [1.29, 1.82) is 0 Å². The van der Waals surface area contributed by atoms with E-state index in [0.29, 0.717) is 13.0 Å². The second kappa shape index (κ2) is 2.98. The number of piperidine rings is 1. The highest BCUT2D eigenvalue weighted by atomic mass is 16.5. The molecule has 1 rings (SSSR count). The fraction of sp³-hybridized carbons (Fsp3) is 0.833. The Bertz CT molecular complexity index is 138. The topological polar surface area (TPSA) is 69.4 Å². The fourth-order valence-corrected chi connectivity index (χ4v) is 1.19. The number of hydroxylamine groups is 2. The molecular weight excluding hydrogens is 132 g/mol. The summed E-state index contributed by atoms with van der Waals surface area (Å²) in [7, 11) is 0. The zero-order valence-corrected chi connectivity index (χ0v) is 5.75. The van der Waals surface area contributed by atoms with E-state index in [9.17, 15) is 10.0 Å². The number of carbonyl (C=O) groups excluding carboxylic acids is 1. The van der Waals surface area contributed by atoms with Crippen molar-refractivity contribution in [3.05, 3.63) is 5.21 Å². The second-order valence-electron chi connectivity index (χ2n) is 2.55. The average molecular weight is 143 g/mol. The van der Waals surface area contributed by atoms with Crippen LogP contribution in [0.3, 0.4) is 0 Å². The van der Waals surface area contributed by atoms with E-state index in [2.05, 4.69) is 0 Å². The number of amides is 1. The first-order valence-electron chi connectivity index (χ1n) is 3.45. The number of carbonyl (C=O) groups is 1. The fourth-order valence-electron chi connectivity index (χ4n) is 1.19.